The zero-order valence-corrected chi connectivity index (χ0v) is 13.4. The van der Waals surface area contributed by atoms with Crippen LogP contribution >= 0.6 is 0 Å². The van der Waals surface area contributed by atoms with E-state index in [2.05, 4.69) is 23.7 Å². The van der Waals surface area contributed by atoms with Crippen LogP contribution in [0.3, 0.4) is 0 Å². The summed E-state index contributed by atoms with van der Waals surface area (Å²) in [4.78, 5) is 6.84. The Kier molecular flexibility index (Phi) is 4.37. The summed E-state index contributed by atoms with van der Waals surface area (Å²) in [6.07, 6.45) is 7.56. The number of anilines is 1. The maximum atomic E-state index is 11.9. The lowest BCUT2D eigenvalue weighted by molar-refractivity contribution is 0.238. The minimum Gasteiger partial charge on any atom is -0.355 e. The van der Waals surface area contributed by atoms with E-state index in [0.717, 1.165) is 25.9 Å². The molecule has 2 heterocycles. The van der Waals surface area contributed by atoms with E-state index in [9.17, 15) is 8.42 Å². The summed E-state index contributed by atoms with van der Waals surface area (Å²) in [5.74, 6) is 0.622. The fourth-order valence-corrected chi connectivity index (χ4v) is 4.05. The molecule has 20 heavy (non-hydrogen) atoms. The lowest BCUT2D eigenvalue weighted by Gasteiger charge is -2.41. The van der Waals surface area contributed by atoms with E-state index in [-0.39, 0.29) is 5.41 Å². The second kappa shape index (κ2) is 5.72. The number of rotatable bonds is 4. The van der Waals surface area contributed by atoms with Gasteiger partial charge in [-0.05, 0) is 36.8 Å². The van der Waals surface area contributed by atoms with Crippen LogP contribution in [0.15, 0.2) is 23.2 Å². The minimum absolute atomic E-state index is 0.263. The molecule has 0 aliphatic carbocycles. The van der Waals surface area contributed by atoms with E-state index in [4.69, 9.17) is 0 Å². The van der Waals surface area contributed by atoms with E-state index in [0.29, 0.717) is 10.7 Å². The highest BCUT2D eigenvalue weighted by Crippen LogP contribution is 2.36. The van der Waals surface area contributed by atoms with Gasteiger partial charge in [-0.15, -0.1) is 0 Å². The Labute approximate surface area is 122 Å². The van der Waals surface area contributed by atoms with Crippen LogP contribution < -0.4 is 4.90 Å². The van der Waals surface area contributed by atoms with Crippen LogP contribution in [0.4, 0.5) is 5.82 Å². The van der Waals surface area contributed by atoms with Crippen molar-refractivity contribution in [1.29, 1.82) is 0 Å². The summed E-state index contributed by atoms with van der Waals surface area (Å²) < 4.78 is 23.8. The van der Waals surface area contributed by atoms with Gasteiger partial charge in [-0.3, -0.25) is 0 Å². The monoisotopic (exact) mass is 296 g/mol. The highest BCUT2D eigenvalue weighted by molar-refractivity contribution is 7.90. The van der Waals surface area contributed by atoms with Crippen LogP contribution in [0.1, 0.15) is 39.5 Å². The van der Waals surface area contributed by atoms with Crippen molar-refractivity contribution in [2.45, 2.75) is 44.4 Å². The second-order valence-electron chi connectivity index (χ2n) is 6.18. The summed E-state index contributed by atoms with van der Waals surface area (Å²) in [5.41, 5.74) is 0.263. The lowest BCUT2D eigenvalue weighted by atomic mass is 9.78. The molecule has 0 spiro atoms. The third-order valence-corrected chi connectivity index (χ3v) is 5.20. The molecule has 1 fully saturated rings. The van der Waals surface area contributed by atoms with Crippen molar-refractivity contribution in [2.24, 2.45) is 5.41 Å². The van der Waals surface area contributed by atoms with Gasteiger partial charge in [-0.25, -0.2) is 13.4 Å². The van der Waals surface area contributed by atoms with Gasteiger partial charge in [-0.2, -0.15) is 0 Å². The predicted octanol–water partition coefficient (Wildman–Crippen LogP) is 2.89. The molecule has 1 saturated heterocycles. The van der Waals surface area contributed by atoms with E-state index in [1.165, 1.54) is 19.1 Å². The zero-order chi connectivity index (χ0) is 14.8. The molecule has 0 bridgehead atoms. The van der Waals surface area contributed by atoms with Crippen molar-refractivity contribution in [3.63, 3.8) is 0 Å². The van der Waals surface area contributed by atoms with Crippen molar-refractivity contribution in [3.8, 4) is 0 Å². The smallest absolute Gasteiger partial charge is 0.179 e. The van der Waals surface area contributed by atoms with Gasteiger partial charge in [0.1, 0.15) is 10.7 Å². The summed E-state index contributed by atoms with van der Waals surface area (Å²) in [6, 6.07) is 3.35. The normalized spacial score (nSPS) is 23.9. The fraction of sp³-hybridized carbons (Fsp3) is 0.667. The Morgan fingerprint density at radius 3 is 2.85 bits per heavy atom. The highest BCUT2D eigenvalue weighted by Gasteiger charge is 2.32. The average Bonchev–Trinajstić information content (AvgIpc) is 2.38. The topological polar surface area (TPSA) is 50.3 Å². The number of pyridine rings is 1. The summed E-state index contributed by atoms with van der Waals surface area (Å²) in [6.45, 7) is 6.28. The van der Waals surface area contributed by atoms with Crippen LogP contribution in [-0.2, 0) is 9.84 Å². The van der Waals surface area contributed by atoms with Crippen LogP contribution in [-0.4, -0.2) is 32.7 Å². The Balaban J connectivity index is 2.33. The molecule has 0 N–H and O–H groups in total. The highest BCUT2D eigenvalue weighted by atomic mass is 32.2. The van der Waals surface area contributed by atoms with Crippen molar-refractivity contribution in [3.05, 3.63) is 18.3 Å². The third-order valence-electron chi connectivity index (χ3n) is 4.08. The Morgan fingerprint density at radius 1 is 1.45 bits per heavy atom. The number of nitrogens with zero attached hydrogens (tertiary/aromatic N) is 2. The molecule has 1 atom stereocenters. The molecule has 1 aromatic rings. The quantitative estimate of drug-likeness (QED) is 0.857. The van der Waals surface area contributed by atoms with E-state index in [1.54, 1.807) is 18.3 Å². The van der Waals surface area contributed by atoms with Gasteiger partial charge >= 0.3 is 0 Å². The molecule has 0 amide bonds. The molecule has 1 aliphatic heterocycles. The molecule has 0 radical (unpaired) electrons. The minimum atomic E-state index is -3.24. The average molecular weight is 296 g/mol. The molecule has 1 aromatic heterocycles. The third kappa shape index (κ3) is 3.32. The van der Waals surface area contributed by atoms with E-state index >= 15 is 0 Å². The SMILES string of the molecule is CCCC1(C)CCCN(c2ncccc2S(C)(=O)=O)C1. The predicted molar refractivity (Wildman–Crippen MR) is 81.8 cm³/mol. The first-order valence-electron chi connectivity index (χ1n) is 7.26. The molecule has 1 unspecified atom stereocenters. The molecule has 112 valence electrons. The van der Waals surface area contributed by atoms with E-state index < -0.39 is 9.84 Å². The summed E-state index contributed by atoms with van der Waals surface area (Å²) in [5, 5.41) is 0. The first-order valence-corrected chi connectivity index (χ1v) is 9.15. The maximum Gasteiger partial charge on any atom is 0.179 e. The fourth-order valence-electron chi connectivity index (χ4n) is 3.21. The number of piperidine rings is 1. The maximum absolute atomic E-state index is 11.9. The largest absolute Gasteiger partial charge is 0.355 e. The number of sulfone groups is 1. The van der Waals surface area contributed by atoms with Crippen molar-refractivity contribution >= 4 is 15.7 Å². The molecular formula is C15H24N2O2S. The molecule has 5 heteroatoms. The summed E-state index contributed by atoms with van der Waals surface area (Å²) >= 11 is 0. The van der Waals surface area contributed by atoms with Crippen LogP contribution in [0.2, 0.25) is 0 Å². The van der Waals surface area contributed by atoms with Crippen molar-refractivity contribution < 1.29 is 8.42 Å². The van der Waals surface area contributed by atoms with Gasteiger partial charge in [0.25, 0.3) is 0 Å². The van der Waals surface area contributed by atoms with Crippen LogP contribution in [0, 0.1) is 5.41 Å². The van der Waals surface area contributed by atoms with Crippen LogP contribution in [0.5, 0.6) is 0 Å². The molecule has 2 rings (SSSR count). The van der Waals surface area contributed by atoms with Gasteiger partial charge in [0, 0.05) is 25.5 Å². The van der Waals surface area contributed by atoms with Crippen LogP contribution in [0.25, 0.3) is 0 Å². The molecule has 1 aliphatic rings. The molecule has 0 saturated carbocycles. The standard InChI is InChI=1S/C15H24N2O2S/c1-4-8-15(2)9-6-11-17(12-15)14-13(20(3,18)19)7-5-10-16-14/h5,7,10H,4,6,8-9,11-12H2,1-3H3. The van der Waals surface area contributed by atoms with E-state index in [1.807, 2.05) is 0 Å². The number of hydrogen-bond donors (Lipinski definition) is 0. The van der Waals surface area contributed by atoms with Gasteiger partial charge in [0.15, 0.2) is 9.84 Å². The van der Waals surface area contributed by atoms with Crippen molar-refractivity contribution in [2.75, 3.05) is 24.2 Å². The van der Waals surface area contributed by atoms with Gasteiger partial charge in [-0.1, -0.05) is 20.3 Å². The molecule has 4 nitrogen and oxygen atoms in total. The van der Waals surface area contributed by atoms with Crippen molar-refractivity contribution in [1.82, 2.24) is 4.98 Å². The second-order valence-corrected chi connectivity index (χ2v) is 8.17. The Morgan fingerprint density at radius 2 is 2.20 bits per heavy atom. The number of hydrogen-bond acceptors (Lipinski definition) is 4. The Bertz CT molecular complexity index is 567. The van der Waals surface area contributed by atoms with Gasteiger partial charge in [0.05, 0.1) is 0 Å². The lowest BCUT2D eigenvalue weighted by Crippen LogP contribution is -2.42. The summed E-state index contributed by atoms with van der Waals surface area (Å²) in [7, 11) is -3.24. The Hall–Kier alpha value is -1.10. The number of aromatic nitrogens is 1. The zero-order valence-electron chi connectivity index (χ0n) is 12.6. The first kappa shape index (κ1) is 15.3. The molecule has 0 aromatic carbocycles. The first-order chi connectivity index (χ1) is 9.36. The van der Waals surface area contributed by atoms with Gasteiger partial charge in [0.2, 0.25) is 0 Å². The van der Waals surface area contributed by atoms with Gasteiger partial charge < -0.3 is 4.90 Å². The molecular weight excluding hydrogens is 272 g/mol.